The Labute approximate surface area is 151 Å². The molecule has 1 atom stereocenters. The van der Waals surface area contributed by atoms with E-state index in [1.807, 2.05) is 18.2 Å². The van der Waals surface area contributed by atoms with Crippen LogP contribution in [0.15, 0.2) is 47.0 Å². The van der Waals surface area contributed by atoms with E-state index in [-0.39, 0.29) is 12.4 Å². The molecular formula is C20H22FN3O2. The molecule has 1 fully saturated rings. The van der Waals surface area contributed by atoms with Gasteiger partial charge in [-0.05, 0) is 49.2 Å². The second-order valence-corrected chi connectivity index (χ2v) is 6.81. The monoisotopic (exact) mass is 355 g/mol. The number of H-pyrrole nitrogens is 1. The van der Waals surface area contributed by atoms with Gasteiger partial charge >= 0.3 is 0 Å². The number of aromatic amines is 1. The van der Waals surface area contributed by atoms with E-state index >= 15 is 0 Å². The van der Waals surface area contributed by atoms with Crippen LogP contribution >= 0.6 is 0 Å². The van der Waals surface area contributed by atoms with Crippen LogP contribution in [0.25, 0.3) is 11.1 Å². The molecule has 1 aromatic carbocycles. The Kier molecular flexibility index (Phi) is 4.86. The number of furan rings is 1. The minimum atomic E-state index is -0.238. The molecule has 3 aromatic rings. The van der Waals surface area contributed by atoms with Crippen molar-refractivity contribution in [2.24, 2.45) is 0 Å². The Balaban J connectivity index is 1.51. The fourth-order valence-corrected chi connectivity index (χ4v) is 3.74. The summed E-state index contributed by atoms with van der Waals surface area (Å²) in [7, 11) is 0. The third-order valence-corrected chi connectivity index (χ3v) is 4.97. The zero-order valence-electron chi connectivity index (χ0n) is 14.5. The van der Waals surface area contributed by atoms with Crippen molar-refractivity contribution in [1.29, 1.82) is 0 Å². The maximum atomic E-state index is 13.6. The zero-order chi connectivity index (χ0) is 17.9. The molecule has 1 unspecified atom stereocenters. The number of aliphatic hydroxyl groups is 1. The maximum Gasteiger partial charge on any atom is 0.129 e. The zero-order valence-corrected chi connectivity index (χ0v) is 14.5. The third kappa shape index (κ3) is 3.57. The van der Waals surface area contributed by atoms with Crippen LogP contribution in [0, 0.1) is 5.82 Å². The highest BCUT2D eigenvalue weighted by Crippen LogP contribution is 2.33. The lowest BCUT2D eigenvalue weighted by Crippen LogP contribution is -2.34. The van der Waals surface area contributed by atoms with Gasteiger partial charge in [0.15, 0.2) is 0 Å². The molecule has 0 aliphatic carbocycles. The van der Waals surface area contributed by atoms with Crippen molar-refractivity contribution in [3.63, 3.8) is 0 Å². The van der Waals surface area contributed by atoms with Crippen molar-refractivity contribution >= 4 is 0 Å². The summed E-state index contributed by atoms with van der Waals surface area (Å²) in [6.07, 6.45) is 3.93. The summed E-state index contributed by atoms with van der Waals surface area (Å²) >= 11 is 0. The van der Waals surface area contributed by atoms with E-state index in [4.69, 9.17) is 9.52 Å². The van der Waals surface area contributed by atoms with Gasteiger partial charge in [-0.15, -0.1) is 0 Å². The van der Waals surface area contributed by atoms with Crippen LogP contribution in [0.5, 0.6) is 0 Å². The predicted octanol–water partition coefficient (Wildman–Crippen LogP) is 3.68. The highest BCUT2D eigenvalue weighted by Gasteiger charge is 2.25. The molecular weight excluding hydrogens is 333 g/mol. The molecule has 1 aliphatic rings. The van der Waals surface area contributed by atoms with Crippen molar-refractivity contribution < 1.29 is 13.9 Å². The summed E-state index contributed by atoms with van der Waals surface area (Å²) in [5.41, 5.74) is 2.89. The van der Waals surface area contributed by atoms with Gasteiger partial charge in [0.25, 0.3) is 0 Å². The molecule has 1 saturated heterocycles. The standard InChI is InChI=1S/C20H22FN3O2/c21-16-5-1-3-14(9-16)19-10-22-23-20(19)15-4-2-8-24(11-15)12-17-6-7-18(13-25)26-17/h1,3,5-7,9-10,15,25H,2,4,8,11-13H2,(H,22,23). The summed E-state index contributed by atoms with van der Waals surface area (Å²) in [5, 5.41) is 16.5. The van der Waals surface area contributed by atoms with E-state index < -0.39 is 0 Å². The van der Waals surface area contributed by atoms with E-state index in [2.05, 4.69) is 15.1 Å². The van der Waals surface area contributed by atoms with Crippen LogP contribution < -0.4 is 0 Å². The predicted molar refractivity (Wildman–Crippen MR) is 95.9 cm³/mol. The van der Waals surface area contributed by atoms with Crippen molar-refractivity contribution in [1.82, 2.24) is 15.1 Å². The first-order valence-corrected chi connectivity index (χ1v) is 8.93. The Bertz CT molecular complexity index is 873. The average molecular weight is 355 g/mol. The first-order valence-electron chi connectivity index (χ1n) is 8.93. The number of aromatic nitrogens is 2. The summed E-state index contributed by atoms with van der Waals surface area (Å²) in [4.78, 5) is 2.35. The van der Waals surface area contributed by atoms with Gasteiger partial charge in [0.2, 0.25) is 0 Å². The number of hydrogen-bond acceptors (Lipinski definition) is 4. The fraction of sp³-hybridized carbons (Fsp3) is 0.350. The van der Waals surface area contributed by atoms with E-state index in [1.165, 1.54) is 6.07 Å². The number of benzene rings is 1. The second kappa shape index (κ2) is 7.43. The van der Waals surface area contributed by atoms with Gasteiger partial charge < -0.3 is 9.52 Å². The number of halogens is 1. The van der Waals surface area contributed by atoms with Crippen molar-refractivity contribution in [3.8, 4) is 11.1 Å². The van der Waals surface area contributed by atoms with E-state index in [9.17, 15) is 4.39 Å². The Morgan fingerprint density at radius 2 is 2.15 bits per heavy atom. The number of rotatable bonds is 5. The molecule has 136 valence electrons. The molecule has 3 heterocycles. The molecule has 0 radical (unpaired) electrons. The van der Waals surface area contributed by atoms with E-state index in [0.29, 0.717) is 11.7 Å². The first-order chi connectivity index (χ1) is 12.7. The highest BCUT2D eigenvalue weighted by atomic mass is 19.1. The molecule has 2 N–H and O–H groups in total. The van der Waals surface area contributed by atoms with Crippen LogP contribution in [0.4, 0.5) is 4.39 Å². The molecule has 1 aliphatic heterocycles. The maximum absolute atomic E-state index is 13.6. The lowest BCUT2D eigenvalue weighted by Gasteiger charge is -2.32. The van der Waals surface area contributed by atoms with Crippen LogP contribution in [0.2, 0.25) is 0 Å². The molecule has 26 heavy (non-hydrogen) atoms. The van der Waals surface area contributed by atoms with E-state index in [0.717, 1.165) is 55.1 Å². The van der Waals surface area contributed by atoms with Gasteiger partial charge in [0.05, 0.1) is 12.7 Å². The topological polar surface area (TPSA) is 65.3 Å². The molecule has 0 spiro atoms. The Morgan fingerprint density at radius 3 is 2.96 bits per heavy atom. The van der Waals surface area contributed by atoms with Gasteiger partial charge in [0, 0.05) is 23.7 Å². The number of nitrogens with zero attached hydrogens (tertiary/aromatic N) is 2. The van der Waals surface area contributed by atoms with Crippen molar-refractivity contribution in [2.75, 3.05) is 13.1 Å². The summed E-state index contributed by atoms with van der Waals surface area (Å²) in [6, 6.07) is 10.4. The van der Waals surface area contributed by atoms with Crippen LogP contribution in [-0.2, 0) is 13.2 Å². The van der Waals surface area contributed by atoms with Crippen molar-refractivity contribution in [2.45, 2.75) is 31.9 Å². The number of aliphatic hydroxyl groups excluding tert-OH is 1. The largest absolute Gasteiger partial charge is 0.462 e. The molecule has 6 heteroatoms. The lowest BCUT2D eigenvalue weighted by atomic mass is 9.90. The smallest absolute Gasteiger partial charge is 0.129 e. The van der Waals surface area contributed by atoms with Gasteiger partial charge in [-0.2, -0.15) is 5.10 Å². The quantitative estimate of drug-likeness (QED) is 0.733. The van der Waals surface area contributed by atoms with Crippen molar-refractivity contribution in [3.05, 3.63) is 65.6 Å². The summed E-state index contributed by atoms with van der Waals surface area (Å²) in [5.74, 6) is 1.54. The first kappa shape index (κ1) is 17.0. The molecule has 5 nitrogen and oxygen atoms in total. The highest BCUT2D eigenvalue weighted by molar-refractivity contribution is 5.65. The number of nitrogens with one attached hydrogen (secondary N) is 1. The minimum Gasteiger partial charge on any atom is -0.462 e. The molecule has 2 aromatic heterocycles. The number of piperidine rings is 1. The van der Waals surface area contributed by atoms with Gasteiger partial charge in [-0.25, -0.2) is 4.39 Å². The normalized spacial score (nSPS) is 18.3. The number of hydrogen-bond donors (Lipinski definition) is 2. The third-order valence-electron chi connectivity index (χ3n) is 4.97. The molecule has 0 saturated carbocycles. The second-order valence-electron chi connectivity index (χ2n) is 6.81. The summed E-state index contributed by atoms with van der Waals surface area (Å²) in [6.45, 7) is 2.54. The van der Waals surface area contributed by atoms with Gasteiger partial charge in [-0.3, -0.25) is 10.00 Å². The molecule has 0 amide bonds. The van der Waals surface area contributed by atoms with Crippen LogP contribution in [0.1, 0.15) is 36.0 Å². The fourth-order valence-electron chi connectivity index (χ4n) is 3.74. The van der Waals surface area contributed by atoms with E-state index in [1.54, 1.807) is 18.3 Å². The molecule has 4 rings (SSSR count). The Hall–Kier alpha value is -2.44. The molecule has 0 bridgehead atoms. The SMILES string of the molecule is OCc1ccc(CN2CCCC(c3[nH]ncc3-c3cccc(F)c3)C2)o1. The Morgan fingerprint density at radius 1 is 1.27 bits per heavy atom. The minimum absolute atomic E-state index is 0.0756. The van der Waals surface area contributed by atoms with Gasteiger partial charge in [-0.1, -0.05) is 12.1 Å². The number of likely N-dealkylation sites (tertiary alicyclic amines) is 1. The van der Waals surface area contributed by atoms with Gasteiger partial charge in [0.1, 0.15) is 23.9 Å². The van der Waals surface area contributed by atoms with Crippen LogP contribution in [0.3, 0.4) is 0 Å². The summed E-state index contributed by atoms with van der Waals surface area (Å²) < 4.78 is 19.2. The van der Waals surface area contributed by atoms with Crippen LogP contribution in [-0.4, -0.2) is 33.3 Å². The average Bonchev–Trinajstić information content (AvgIpc) is 3.31. The lowest BCUT2D eigenvalue weighted by molar-refractivity contribution is 0.179.